The minimum atomic E-state index is -3.54. The Bertz CT molecular complexity index is 872. The molecule has 6 heteroatoms. The van der Waals surface area contributed by atoms with E-state index in [0.29, 0.717) is 17.7 Å². The summed E-state index contributed by atoms with van der Waals surface area (Å²) >= 11 is 0. The third-order valence-electron chi connectivity index (χ3n) is 4.22. The third-order valence-corrected chi connectivity index (χ3v) is 6.18. The molecule has 2 aromatic carbocycles. The number of hydrogen-bond donors (Lipinski definition) is 1. The summed E-state index contributed by atoms with van der Waals surface area (Å²) in [5.74, 6) is -0.117. The number of rotatable bonds is 7. The molecule has 0 aliphatic carbocycles. The average Bonchev–Trinajstić information content (AvgIpc) is 2.58. The lowest BCUT2D eigenvalue weighted by Gasteiger charge is -2.15. The average molecular weight is 375 g/mol. The molecule has 2 aromatic rings. The molecule has 0 saturated heterocycles. The molecule has 0 aliphatic rings. The molecule has 0 heterocycles. The second-order valence-electron chi connectivity index (χ2n) is 6.66. The summed E-state index contributed by atoms with van der Waals surface area (Å²) in [4.78, 5) is 12.4. The lowest BCUT2D eigenvalue weighted by atomic mass is 10.1. The highest BCUT2D eigenvalue weighted by Gasteiger charge is 2.20. The molecule has 0 fully saturated rings. The van der Waals surface area contributed by atoms with Gasteiger partial charge >= 0.3 is 0 Å². The zero-order valence-corrected chi connectivity index (χ0v) is 16.6. The first-order chi connectivity index (χ1) is 12.2. The maximum atomic E-state index is 12.4. The minimum Gasteiger partial charge on any atom is -0.326 e. The fourth-order valence-electron chi connectivity index (χ4n) is 2.58. The van der Waals surface area contributed by atoms with Crippen LogP contribution in [0.1, 0.15) is 29.5 Å². The fourth-order valence-corrected chi connectivity index (χ4v) is 3.73. The predicted molar refractivity (Wildman–Crippen MR) is 105 cm³/mol. The molecule has 5 nitrogen and oxygen atoms in total. The number of carbonyl (C=O) groups is 1. The van der Waals surface area contributed by atoms with Crippen molar-refractivity contribution in [1.82, 2.24) is 4.31 Å². The van der Waals surface area contributed by atoms with E-state index in [1.807, 2.05) is 6.92 Å². The maximum absolute atomic E-state index is 12.4. The monoisotopic (exact) mass is 374 g/mol. The highest BCUT2D eigenvalue weighted by molar-refractivity contribution is 7.89. The quantitative estimate of drug-likeness (QED) is 0.806. The minimum absolute atomic E-state index is 0.117. The Hall–Kier alpha value is -2.18. The van der Waals surface area contributed by atoms with Crippen molar-refractivity contribution in [2.45, 2.75) is 38.0 Å². The van der Waals surface area contributed by atoms with E-state index < -0.39 is 10.0 Å². The number of benzene rings is 2. The van der Waals surface area contributed by atoms with Crippen LogP contribution in [0.5, 0.6) is 0 Å². The molecule has 0 radical (unpaired) electrons. The van der Waals surface area contributed by atoms with E-state index in [1.54, 1.807) is 19.1 Å². The van der Waals surface area contributed by atoms with Crippen molar-refractivity contribution in [2.24, 2.45) is 0 Å². The van der Waals surface area contributed by atoms with E-state index in [1.165, 1.54) is 35.6 Å². The molecule has 0 atom stereocenters. The normalized spacial score (nSPS) is 11.6. The highest BCUT2D eigenvalue weighted by atomic mass is 32.2. The van der Waals surface area contributed by atoms with Gasteiger partial charge in [-0.3, -0.25) is 4.79 Å². The smallest absolute Gasteiger partial charge is 0.242 e. The van der Waals surface area contributed by atoms with Crippen molar-refractivity contribution in [2.75, 3.05) is 19.4 Å². The van der Waals surface area contributed by atoms with Gasteiger partial charge in [0.25, 0.3) is 0 Å². The fraction of sp³-hybridized carbons (Fsp3) is 0.350. The van der Waals surface area contributed by atoms with Gasteiger partial charge in [-0.05, 0) is 49.9 Å². The molecule has 0 unspecified atom stereocenters. The molecule has 0 aromatic heterocycles. The zero-order valence-electron chi connectivity index (χ0n) is 15.7. The summed E-state index contributed by atoms with van der Waals surface area (Å²) < 4.78 is 25.9. The summed E-state index contributed by atoms with van der Waals surface area (Å²) in [5, 5.41) is 2.79. The van der Waals surface area contributed by atoms with E-state index in [2.05, 4.69) is 29.6 Å². The van der Waals surface area contributed by atoms with E-state index in [0.717, 1.165) is 12.8 Å². The van der Waals surface area contributed by atoms with Crippen molar-refractivity contribution >= 4 is 21.6 Å². The summed E-state index contributed by atoms with van der Waals surface area (Å²) in [6.45, 7) is 3.78. The maximum Gasteiger partial charge on any atom is 0.242 e. The predicted octanol–water partition coefficient (Wildman–Crippen LogP) is 3.52. The lowest BCUT2D eigenvalue weighted by molar-refractivity contribution is -0.116. The Balaban J connectivity index is 1.97. The van der Waals surface area contributed by atoms with Crippen LogP contribution < -0.4 is 5.32 Å². The van der Waals surface area contributed by atoms with Gasteiger partial charge in [0.05, 0.1) is 4.90 Å². The van der Waals surface area contributed by atoms with E-state index in [4.69, 9.17) is 0 Å². The number of sulfonamides is 1. The van der Waals surface area contributed by atoms with E-state index >= 15 is 0 Å². The molecule has 0 bridgehead atoms. The topological polar surface area (TPSA) is 66.5 Å². The van der Waals surface area contributed by atoms with Crippen LogP contribution in [0.4, 0.5) is 5.69 Å². The number of nitrogens with one attached hydrogen (secondary N) is 1. The molecule has 2 rings (SSSR count). The van der Waals surface area contributed by atoms with Crippen LogP contribution >= 0.6 is 0 Å². The van der Waals surface area contributed by atoms with Gasteiger partial charge in [0, 0.05) is 26.2 Å². The molecule has 0 saturated carbocycles. The van der Waals surface area contributed by atoms with Gasteiger partial charge in [0.15, 0.2) is 0 Å². The SMILES string of the molecule is Cc1ccc(CCCC(=O)Nc2ccc(C)c(S(=O)(=O)N(C)C)c2)cc1. The number of hydrogen-bond acceptors (Lipinski definition) is 3. The van der Waals surface area contributed by atoms with Crippen LogP contribution in [0.15, 0.2) is 47.4 Å². The molecular formula is C20H26N2O3S. The standard InChI is InChI=1S/C20H26N2O3S/c1-15-8-11-17(12-9-15)6-5-7-20(23)21-18-13-10-16(2)19(14-18)26(24,25)22(3)4/h8-14H,5-7H2,1-4H3,(H,21,23). The van der Waals surface area contributed by atoms with Gasteiger partial charge < -0.3 is 5.32 Å². The summed E-state index contributed by atoms with van der Waals surface area (Å²) in [7, 11) is -0.558. The summed E-state index contributed by atoms with van der Waals surface area (Å²) in [6, 6.07) is 13.2. The van der Waals surface area contributed by atoms with Crippen LogP contribution in [0.25, 0.3) is 0 Å². The van der Waals surface area contributed by atoms with Crippen LogP contribution in [0, 0.1) is 13.8 Å². The van der Waals surface area contributed by atoms with Gasteiger partial charge in [-0.15, -0.1) is 0 Å². The van der Waals surface area contributed by atoms with Gasteiger partial charge in [-0.1, -0.05) is 35.9 Å². The van der Waals surface area contributed by atoms with Gasteiger partial charge in [-0.2, -0.15) is 0 Å². The first kappa shape index (κ1) is 20.1. The first-order valence-corrected chi connectivity index (χ1v) is 10.0. The molecule has 26 heavy (non-hydrogen) atoms. The second-order valence-corrected chi connectivity index (χ2v) is 8.78. The number of nitrogens with zero attached hydrogens (tertiary/aromatic N) is 1. The Morgan fingerprint density at radius 3 is 2.31 bits per heavy atom. The molecular weight excluding hydrogens is 348 g/mol. The van der Waals surface area contributed by atoms with Crippen LogP contribution in [0.2, 0.25) is 0 Å². The lowest BCUT2D eigenvalue weighted by Crippen LogP contribution is -2.23. The van der Waals surface area contributed by atoms with E-state index in [9.17, 15) is 13.2 Å². The van der Waals surface area contributed by atoms with Crippen molar-refractivity contribution in [3.63, 3.8) is 0 Å². The second kappa shape index (κ2) is 8.47. The number of anilines is 1. The van der Waals surface area contributed by atoms with Crippen molar-refractivity contribution in [3.05, 3.63) is 59.2 Å². The van der Waals surface area contributed by atoms with Gasteiger partial charge in [0.2, 0.25) is 15.9 Å². The van der Waals surface area contributed by atoms with Crippen molar-refractivity contribution < 1.29 is 13.2 Å². The molecule has 1 amide bonds. The van der Waals surface area contributed by atoms with Gasteiger partial charge in [-0.25, -0.2) is 12.7 Å². The van der Waals surface area contributed by atoms with E-state index in [-0.39, 0.29) is 10.8 Å². The van der Waals surface area contributed by atoms with Crippen molar-refractivity contribution in [1.29, 1.82) is 0 Å². The summed E-state index contributed by atoms with van der Waals surface area (Å²) in [6.07, 6.45) is 1.96. The van der Waals surface area contributed by atoms with Crippen molar-refractivity contribution in [3.8, 4) is 0 Å². The first-order valence-electron chi connectivity index (χ1n) is 8.59. The zero-order chi connectivity index (χ0) is 19.3. The van der Waals surface area contributed by atoms with Crippen LogP contribution in [-0.4, -0.2) is 32.7 Å². The molecule has 0 spiro atoms. The third kappa shape index (κ3) is 5.16. The van der Waals surface area contributed by atoms with Crippen LogP contribution in [-0.2, 0) is 21.2 Å². The number of amides is 1. The molecule has 0 aliphatic heterocycles. The Labute approximate surface area is 156 Å². The van der Waals surface area contributed by atoms with Gasteiger partial charge in [0.1, 0.15) is 0 Å². The number of aryl methyl sites for hydroxylation is 3. The Morgan fingerprint density at radius 2 is 1.69 bits per heavy atom. The summed E-state index contributed by atoms with van der Waals surface area (Å²) in [5.41, 5.74) is 3.57. The largest absolute Gasteiger partial charge is 0.326 e. The highest BCUT2D eigenvalue weighted by Crippen LogP contribution is 2.22. The Kier molecular flexibility index (Phi) is 6.56. The Morgan fingerprint density at radius 1 is 1.04 bits per heavy atom. The van der Waals surface area contributed by atoms with Crippen LogP contribution in [0.3, 0.4) is 0 Å². The molecule has 1 N–H and O–H groups in total. The number of carbonyl (C=O) groups excluding carboxylic acids is 1. The molecule has 140 valence electrons.